The van der Waals surface area contributed by atoms with Crippen molar-refractivity contribution in [3.8, 4) is 17.0 Å². The molecule has 0 saturated heterocycles. The Hall–Kier alpha value is -0.820. The summed E-state index contributed by atoms with van der Waals surface area (Å²) in [5.74, 6) is 0.924. The van der Waals surface area contributed by atoms with Gasteiger partial charge in [-0.1, -0.05) is 32.6 Å². The highest BCUT2D eigenvalue weighted by Gasteiger charge is 2.02. The zero-order chi connectivity index (χ0) is 14.2. The van der Waals surface area contributed by atoms with Crippen LogP contribution in [0, 0.1) is 0 Å². The molecule has 1 heterocycles. The molecular weight excluding hydrogens is 395 g/mol. The molecule has 0 atom stereocenters. The van der Waals surface area contributed by atoms with E-state index in [0.29, 0.717) is 5.13 Å². The normalized spacial score (nSPS) is 10.1. The van der Waals surface area contributed by atoms with Crippen molar-refractivity contribution in [2.24, 2.45) is 0 Å². The van der Waals surface area contributed by atoms with Gasteiger partial charge in [0.1, 0.15) is 5.75 Å². The average molecular weight is 418 g/mol. The van der Waals surface area contributed by atoms with Crippen LogP contribution in [0.25, 0.3) is 11.3 Å². The smallest absolute Gasteiger partial charge is 0.180 e. The number of thiazole rings is 1. The van der Waals surface area contributed by atoms with Crippen molar-refractivity contribution in [1.29, 1.82) is 0 Å². The van der Waals surface area contributed by atoms with E-state index in [1.165, 1.54) is 37.0 Å². The molecule has 0 aliphatic heterocycles. The van der Waals surface area contributed by atoms with Crippen molar-refractivity contribution < 1.29 is 4.74 Å². The largest absolute Gasteiger partial charge is 0.494 e. The fraction of sp³-hybridized carbons (Fsp3) is 0.438. The highest BCUT2D eigenvalue weighted by molar-refractivity contribution is 14.0. The van der Waals surface area contributed by atoms with Crippen LogP contribution in [-0.2, 0) is 0 Å². The topological polar surface area (TPSA) is 48.1 Å². The quantitative estimate of drug-likeness (QED) is 0.464. The number of hydrogen-bond acceptors (Lipinski definition) is 4. The average Bonchev–Trinajstić information content (AvgIpc) is 2.90. The summed E-state index contributed by atoms with van der Waals surface area (Å²) in [4.78, 5) is 4.27. The molecule has 0 unspecified atom stereocenters. The van der Waals surface area contributed by atoms with E-state index in [0.717, 1.165) is 30.0 Å². The summed E-state index contributed by atoms with van der Waals surface area (Å²) < 4.78 is 5.74. The molecule has 5 heteroatoms. The van der Waals surface area contributed by atoms with E-state index in [4.69, 9.17) is 10.5 Å². The van der Waals surface area contributed by atoms with Crippen molar-refractivity contribution >= 4 is 40.4 Å². The van der Waals surface area contributed by atoms with E-state index in [1.54, 1.807) is 0 Å². The van der Waals surface area contributed by atoms with Crippen LogP contribution >= 0.6 is 35.3 Å². The molecule has 116 valence electrons. The lowest BCUT2D eigenvalue weighted by Gasteiger charge is -2.06. The number of ether oxygens (including phenoxy) is 1. The van der Waals surface area contributed by atoms with E-state index in [1.807, 2.05) is 29.6 Å². The first-order valence-corrected chi connectivity index (χ1v) is 8.12. The summed E-state index contributed by atoms with van der Waals surface area (Å²) in [6.07, 6.45) is 6.30. The standard InChI is InChI=1S/C16H22N2OS.HI/c1-2-3-4-5-6-11-19-14-9-7-13(8-10-14)15-12-20-16(17)18-15;/h7-10,12H,2-6,11H2,1H3,(H2,17,18);1H. The van der Waals surface area contributed by atoms with Gasteiger partial charge in [-0.3, -0.25) is 0 Å². The molecular formula is C16H23IN2OS. The third-order valence-electron chi connectivity index (χ3n) is 3.19. The summed E-state index contributed by atoms with van der Waals surface area (Å²) in [6.45, 7) is 3.03. The first-order valence-electron chi connectivity index (χ1n) is 7.24. The minimum absolute atomic E-state index is 0. The van der Waals surface area contributed by atoms with Gasteiger partial charge in [-0.05, 0) is 30.7 Å². The van der Waals surface area contributed by atoms with Gasteiger partial charge in [0.15, 0.2) is 5.13 Å². The van der Waals surface area contributed by atoms with Crippen molar-refractivity contribution in [1.82, 2.24) is 4.98 Å². The zero-order valence-electron chi connectivity index (χ0n) is 12.4. The SMILES string of the molecule is CCCCCCCOc1ccc(-c2csc(N)n2)cc1.I. The van der Waals surface area contributed by atoms with Gasteiger partial charge in [0, 0.05) is 10.9 Å². The number of unbranched alkanes of at least 4 members (excludes halogenated alkanes) is 4. The molecule has 2 aromatic rings. The van der Waals surface area contributed by atoms with Crippen LogP contribution in [0.3, 0.4) is 0 Å². The van der Waals surface area contributed by atoms with E-state index < -0.39 is 0 Å². The van der Waals surface area contributed by atoms with Crippen LogP contribution in [0.1, 0.15) is 39.0 Å². The number of hydrogen-bond donors (Lipinski definition) is 1. The highest BCUT2D eigenvalue weighted by atomic mass is 127. The molecule has 2 N–H and O–H groups in total. The number of nitrogen functional groups attached to an aromatic ring is 1. The maximum Gasteiger partial charge on any atom is 0.180 e. The Labute approximate surface area is 148 Å². The Kier molecular flexibility index (Phi) is 8.68. The van der Waals surface area contributed by atoms with Gasteiger partial charge in [-0.25, -0.2) is 4.98 Å². The molecule has 1 aromatic carbocycles. The van der Waals surface area contributed by atoms with Crippen molar-refractivity contribution in [3.05, 3.63) is 29.6 Å². The molecule has 0 aliphatic carbocycles. The van der Waals surface area contributed by atoms with Gasteiger partial charge in [0.2, 0.25) is 0 Å². The van der Waals surface area contributed by atoms with E-state index >= 15 is 0 Å². The second-order valence-electron chi connectivity index (χ2n) is 4.86. The fourth-order valence-electron chi connectivity index (χ4n) is 2.04. The molecule has 3 nitrogen and oxygen atoms in total. The van der Waals surface area contributed by atoms with Crippen molar-refractivity contribution in [3.63, 3.8) is 0 Å². The molecule has 0 saturated carbocycles. The molecule has 21 heavy (non-hydrogen) atoms. The summed E-state index contributed by atoms with van der Waals surface area (Å²) in [5, 5.41) is 2.58. The summed E-state index contributed by atoms with van der Waals surface area (Å²) in [7, 11) is 0. The third-order valence-corrected chi connectivity index (χ3v) is 3.86. The minimum atomic E-state index is 0. The number of nitrogens with zero attached hydrogens (tertiary/aromatic N) is 1. The fourth-order valence-corrected chi connectivity index (χ4v) is 2.61. The molecule has 2 rings (SSSR count). The van der Waals surface area contributed by atoms with Gasteiger partial charge in [-0.15, -0.1) is 35.3 Å². The summed E-state index contributed by atoms with van der Waals surface area (Å²) >= 11 is 1.46. The van der Waals surface area contributed by atoms with Gasteiger partial charge in [-0.2, -0.15) is 0 Å². The molecule has 0 spiro atoms. The molecule has 0 radical (unpaired) electrons. The first-order chi connectivity index (χ1) is 9.79. The monoisotopic (exact) mass is 418 g/mol. The molecule has 0 fully saturated rings. The number of nitrogens with two attached hydrogens (primary N) is 1. The Balaban J connectivity index is 0.00000220. The lowest BCUT2D eigenvalue weighted by molar-refractivity contribution is 0.304. The van der Waals surface area contributed by atoms with Crippen molar-refractivity contribution in [2.75, 3.05) is 12.3 Å². The number of rotatable bonds is 8. The zero-order valence-corrected chi connectivity index (χ0v) is 15.5. The van der Waals surface area contributed by atoms with E-state index in [2.05, 4.69) is 11.9 Å². The lowest BCUT2D eigenvalue weighted by atomic mass is 10.1. The molecule has 0 aliphatic rings. The van der Waals surface area contributed by atoms with Crippen LogP contribution in [0.15, 0.2) is 29.6 Å². The molecule has 0 bridgehead atoms. The Morgan fingerprint density at radius 1 is 1.10 bits per heavy atom. The Morgan fingerprint density at radius 2 is 1.81 bits per heavy atom. The highest BCUT2D eigenvalue weighted by Crippen LogP contribution is 2.25. The van der Waals surface area contributed by atoms with Gasteiger partial charge >= 0.3 is 0 Å². The van der Waals surface area contributed by atoms with Crippen LogP contribution in [0.4, 0.5) is 5.13 Å². The van der Waals surface area contributed by atoms with Gasteiger partial charge in [0.05, 0.1) is 12.3 Å². The number of benzene rings is 1. The predicted molar refractivity (Wildman–Crippen MR) is 102 cm³/mol. The predicted octanol–water partition coefficient (Wildman–Crippen LogP) is 5.36. The summed E-state index contributed by atoms with van der Waals surface area (Å²) in [6, 6.07) is 8.05. The van der Waals surface area contributed by atoms with Gasteiger partial charge < -0.3 is 10.5 Å². The Bertz CT molecular complexity index is 513. The molecule has 0 amide bonds. The molecule has 1 aromatic heterocycles. The van der Waals surface area contributed by atoms with Crippen LogP contribution in [0.2, 0.25) is 0 Å². The lowest BCUT2D eigenvalue weighted by Crippen LogP contribution is -1.97. The third kappa shape index (κ3) is 6.22. The summed E-state index contributed by atoms with van der Waals surface area (Å²) in [5.41, 5.74) is 7.65. The van der Waals surface area contributed by atoms with Crippen LogP contribution in [-0.4, -0.2) is 11.6 Å². The maximum atomic E-state index is 5.74. The van der Waals surface area contributed by atoms with Crippen LogP contribution < -0.4 is 10.5 Å². The Morgan fingerprint density at radius 3 is 2.43 bits per heavy atom. The van der Waals surface area contributed by atoms with Crippen molar-refractivity contribution in [2.45, 2.75) is 39.0 Å². The number of aromatic nitrogens is 1. The number of anilines is 1. The van der Waals surface area contributed by atoms with Crippen LogP contribution in [0.5, 0.6) is 5.75 Å². The second-order valence-corrected chi connectivity index (χ2v) is 5.75. The van der Waals surface area contributed by atoms with E-state index in [9.17, 15) is 0 Å². The minimum Gasteiger partial charge on any atom is -0.494 e. The number of halogens is 1. The second kappa shape index (κ2) is 10.00. The maximum absolute atomic E-state index is 5.74. The first kappa shape index (κ1) is 18.2. The van der Waals surface area contributed by atoms with E-state index in [-0.39, 0.29) is 24.0 Å². The van der Waals surface area contributed by atoms with Gasteiger partial charge in [0.25, 0.3) is 0 Å².